The molecule has 0 aliphatic carbocycles. The van der Waals surface area contributed by atoms with E-state index in [4.69, 9.17) is 25.8 Å². The summed E-state index contributed by atoms with van der Waals surface area (Å²) in [5.41, 5.74) is 1.18. The second-order valence-corrected chi connectivity index (χ2v) is 6.54. The van der Waals surface area contributed by atoms with Crippen molar-refractivity contribution in [2.45, 2.75) is 31.1 Å². The van der Waals surface area contributed by atoms with Gasteiger partial charge in [0.25, 0.3) is 0 Å². The number of benzene rings is 1. The van der Waals surface area contributed by atoms with E-state index in [-0.39, 0.29) is 0 Å². The van der Waals surface area contributed by atoms with Crippen molar-refractivity contribution in [3.63, 3.8) is 0 Å². The van der Waals surface area contributed by atoms with Crippen LogP contribution in [-0.4, -0.2) is 31.7 Å². The molecule has 0 spiro atoms. The number of hydrogen-bond acceptors (Lipinski definition) is 4. The summed E-state index contributed by atoms with van der Waals surface area (Å²) >= 11 is 8.13. The predicted molar refractivity (Wildman–Crippen MR) is 82.2 cm³/mol. The Morgan fingerprint density at radius 1 is 1.15 bits per heavy atom. The van der Waals surface area contributed by atoms with E-state index >= 15 is 0 Å². The Morgan fingerprint density at radius 3 is 2.90 bits per heavy atom. The highest BCUT2D eigenvalue weighted by atomic mass is 35.5. The van der Waals surface area contributed by atoms with Gasteiger partial charge in [0.2, 0.25) is 0 Å². The molecule has 3 rings (SSSR count). The third kappa shape index (κ3) is 3.54. The topological polar surface area (TPSA) is 27.7 Å². The Balaban J connectivity index is 1.56. The maximum atomic E-state index is 6.24. The minimum absolute atomic E-state index is 0.418. The second kappa shape index (κ2) is 6.92. The molecule has 0 radical (unpaired) electrons. The first-order chi connectivity index (χ1) is 9.83. The van der Waals surface area contributed by atoms with Crippen LogP contribution in [0.25, 0.3) is 0 Å². The molecule has 0 N–H and O–H groups in total. The minimum atomic E-state index is 0.418. The summed E-state index contributed by atoms with van der Waals surface area (Å²) in [5.74, 6) is 3.43. The van der Waals surface area contributed by atoms with Gasteiger partial charge in [-0.15, -0.1) is 0 Å². The summed E-state index contributed by atoms with van der Waals surface area (Å²) in [6.45, 7) is 2.08. The molecular weight excluding hydrogens is 296 g/mol. The molecule has 0 aromatic heterocycles. The lowest BCUT2D eigenvalue weighted by Gasteiger charge is -2.22. The van der Waals surface area contributed by atoms with Gasteiger partial charge in [-0.25, -0.2) is 0 Å². The highest BCUT2D eigenvalue weighted by Gasteiger charge is 2.17. The van der Waals surface area contributed by atoms with Gasteiger partial charge in [-0.1, -0.05) is 11.6 Å². The van der Waals surface area contributed by atoms with Gasteiger partial charge in [-0.05, 0) is 37.0 Å². The van der Waals surface area contributed by atoms with Crippen LogP contribution in [0.2, 0.25) is 5.02 Å². The Morgan fingerprint density at radius 2 is 2.05 bits per heavy atom. The summed E-state index contributed by atoms with van der Waals surface area (Å²) in [5, 5.41) is 0.645. The number of ether oxygens (including phenoxy) is 3. The van der Waals surface area contributed by atoms with Gasteiger partial charge < -0.3 is 14.2 Å². The number of rotatable bonds is 4. The predicted octanol–water partition coefficient (Wildman–Crippen LogP) is 3.91. The first-order valence-electron chi connectivity index (χ1n) is 7.10. The summed E-state index contributed by atoms with van der Waals surface area (Å²) in [6, 6.07) is 4.01. The molecule has 3 nitrogen and oxygen atoms in total. The fourth-order valence-corrected chi connectivity index (χ4v) is 3.83. The Labute approximate surface area is 128 Å². The van der Waals surface area contributed by atoms with Crippen molar-refractivity contribution < 1.29 is 14.2 Å². The third-order valence-electron chi connectivity index (χ3n) is 3.50. The van der Waals surface area contributed by atoms with Crippen molar-refractivity contribution in [1.29, 1.82) is 0 Å². The highest BCUT2D eigenvalue weighted by Crippen LogP contribution is 2.39. The lowest BCUT2D eigenvalue weighted by atomic mass is 10.1. The van der Waals surface area contributed by atoms with Gasteiger partial charge in [-0.3, -0.25) is 0 Å². The van der Waals surface area contributed by atoms with Gasteiger partial charge >= 0.3 is 0 Å². The number of halogens is 1. The van der Waals surface area contributed by atoms with E-state index in [0.717, 1.165) is 23.9 Å². The third-order valence-corrected chi connectivity index (χ3v) is 4.93. The van der Waals surface area contributed by atoms with Gasteiger partial charge in [0, 0.05) is 18.1 Å². The minimum Gasteiger partial charge on any atom is -0.486 e. The quantitative estimate of drug-likeness (QED) is 0.842. The molecule has 0 amide bonds. The summed E-state index contributed by atoms with van der Waals surface area (Å²) in [6.07, 6.45) is 4.11. The second-order valence-electron chi connectivity index (χ2n) is 5.11. The van der Waals surface area contributed by atoms with E-state index < -0.39 is 0 Å². The average Bonchev–Trinajstić information content (AvgIpc) is 2.48. The van der Waals surface area contributed by atoms with Crippen LogP contribution in [0.15, 0.2) is 12.1 Å². The Bertz CT molecular complexity index is 461. The zero-order valence-electron chi connectivity index (χ0n) is 11.4. The fraction of sp³-hybridized carbons (Fsp3) is 0.600. The first kappa shape index (κ1) is 14.4. The molecule has 1 aromatic rings. The smallest absolute Gasteiger partial charge is 0.179 e. The largest absolute Gasteiger partial charge is 0.486 e. The monoisotopic (exact) mass is 314 g/mol. The molecular formula is C15H19ClO3S. The molecule has 2 aliphatic heterocycles. The van der Waals surface area contributed by atoms with Crippen molar-refractivity contribution in [3.05, 3.63) is 22.7 Å². The number of hydrogen-bond donors (Lipinski definition) is 0. The summed E-state index contributed by atoms with van der Waals surface area (Å²) in [7, 11) is 0. The van der Waals surface area contributed by atoms with Crippen molar-refractivity contribution in [2.75, 3.05) is 25.6 Å². The van der Waals surface area contributed by atoms with Crippen molar-refractivity contribution in [3.8, 4) is 11.5 Å². The molecule has 0 saturated carbocycles. The zero-order valence-corrected chi connectivity index (χ0v) is 13.0. The molecule has 0 bridgehead atoms. The van der Waals surface area contributed by atoms with E-state index in [9.17, 15) is 0 Å². The molecule has 1 aromatic carbocycles. The molecule has 1 saturated heterocycles. The molecule has 1 fully saturated rings. The van der Waals surface area contributed by atoms with Crippen LogP contribution in [0.3, 0.4) is 0 Å². The SMILES string of the molecule is Clc1cc(CSCC2CCCCO2)cc2c1OCCO2. The van der Waals surface area contributed by atoms with Gasteiger partial charge in [-0.2, -0.15) is 11.8 Å². The van der Waals surface area contributed by atoms with Crippen LogP contribution in [-0.2, 0) is 10.5 Å². The van der Waals surface area contributed by atoms with Gasteiger partial charge in [0.05, 0.1) is 11.1 Å². The normalized spacial score (nSPS) is 21.8. The van der Waals surface area contributed by atoms with E-state index in [2.05, 4.69) is 0 Å². The summed E-state index contributed by atoms with van der Waals surface area (Å²) < 4.78 is 16.9. The Kier molecular flexibility index (Phi) is 4.97. The average molecular weight is 315 g/mol. The molecule has 5 heteroatoms. The van der Waals surface area contributed by atoms with Crippen molar-refractivity contribution in [2.24, 2.45) is 0 Å². The standard InChI is InChI=1S/C15H19ClO3S/c16-13-7-11(8-14-15(13)19-6-5-18-14)9-20-10-12-3-1-2-4-17-12/h7-8,12H,1-6,9-10H2. The Hall–Kier alpha value is -0.580. The lowest BCUT2D eigenvalue weighted by molar-refractivity contribution is 0.0315. The molecule has 2 heterocycles. The highest BCUT2D eigenvalue weighted by molar-refractivity contribution is 7.98. The maximum absolute atomic E-state index is 6.24. The van der Waals surface area contributed by atoms with Crippen LogP contribution < -0.4 is 9.47 Å². The molecule has 1 atom stereocenters. The van der Waals surface area contributed by atoms with E-state index in [0.29, 0.717) is 30.1 Å². The van der Waals surface area contributed by atoms with E-state index in [1.807, 2.05) is 23.9 Å². The number of thioether (sulfide) groups is 1. The fourth-order valence-electron chi connectivity index (χ4n) is 2.49. The lowest BCUT2D eigenvalue weighted by Crippen LogP contribution is -2.21. The van der Waals surface area contributed by atoms with Gasteiger partial charge in [0.15, 0.2) is 11.5 Å². The molecule has 2 aliphatic rings. The zero-order chi connectivity index (χ0) is 13.8. The maximum Gasteiger partial charge on any atom is 0.179 e. The molecule has 20 heavy (non-hydrogen) atoms. The first-order valence-corrected chi connectivity index (χ1v) is 8.63. The van der Waals surface area contributed by atoms with Crippen LogP contribution in [0.4, 0.5) is 0 Å². The number of fused-ring (bicyclic) bond motifs is 1. The van der Waals surface area contributed by atoms with Crippen LogP contribution >= 0.6 is 23.4 Å². The van der Waals surface area contributed by atoms with Gasteiger partial charge in [0.1, 0.15) is 13.2 Å². The molecule has 1 unspecified atom stereocenters. The summed E-state index contributed by atoms with van der Waals surface area (Å²) in [4.78, 5) is 0. The van der Waals surface area contributed by atoms with E-state index in [1.54, 1.807) is 0 Å². The van der Waals surface area contributed by atoms with E-state index in [1.165, 1.54) is 24.8 Å². The van der Waals surface area contributed by atoms with Crippen LogP contribution in [0.5, 0.6) is 11.5 Å². The van der Waals surface area contributed by atoms with Crippen molar-refractivity contribution in [1.82, 2.24) is 0 Å². The van der Waals surface area contributed by atoms with Crippen LogP contribution in [0.1, 0.15) is 24.8 Å². The molecule has 110 valence electrons. The van der Waals surface area contributed by atoms with Crippen LogP contribution in [0, 0.1) is 0 Å². The van der Waals surface area contributed by atoms with Crippen molar-refractivity contribution >= 4 is 23.4 Å².